The summed E-state index contributed by atoms with van der Waals surface area (Å²) >= 11 is 0. The number of aldehydes is 1. The van der Waals surface area contributed by atoms with Crippen LogP contribution in [0.3, 0.4) is 0 Å². The lowest BCUT2D eigenvalue weighted by Crippen LogP contribution is -2.13. The standard InChI is InChI=1S/C15H24O/c1-13-8-10-15(11-9-13)14(2)7-5-3-4-6-12-16/h3,5,8,12,14-15H,4,6-7,9-11H2,1-2H3. The van der Waals surface area contributed by atoms with Crippen molar-refractivity contribution in [3.8, 4) is 0 Å². The van der Waals surface area contributed by atoms with E-state index in [4.69, 9.17) is 0 Å². The van der Waals surface area contributed by atoms with Crippen molar-refractivity contribution in [1.29, 1.82) is 0 Å². The molecular formula is C15H24O. The molecule has 0 radical (unpaired) electrons. The zero-order valence-corrected chi connectivity index (χ0v) is 10.6. The minimum Gasteiger partial charge on any atom is -0.303 e. The van der Waals surface area contributed by atoms with Crippen LogP contribution in [0.2, 0.25) is 0 Å². The molecule has 1 nitrogen and oxygen atoms in total. The van der Waals surface area contributed by atoms with Gasteiger partial charge in [0.15, 0.2) is 0 Å². The minimum absolute atomic E-state index is 0.663. The SMILES string of the molecule is CC1=CCC(C(C)CC=CCCC=O)CC1. The molecule has 0 bridgehead atoms. The van der Waals surface area contributed by atoms with E-state index in [0.29, 0.717) is 6.42 Å². The highest BCUT2D eigenvalue weighted by atomic mass is 16.1. The number of allylic oxidation sites excluding steroid dienone is 4. The second-order valence-electron chi connectivity index (χ2n) is 5.01. The van der Waals surface area contributed by atoms with Crippen LogP contribution in [0.15, 0.2) is 23.8 Å². The Morgan fingerprint density at radius 3 is 2.88 bits per heavy atom. The molecule has 0 spiro atoms. The summed E-state index contributed by atoms with van der Waals surface area (Å²) in [7, 11) is 0. The lowest BCUT2D eigenvalue weighted by Gasteiger charge is -2.25. The van der Waals surface area contributed by atoms with Crippen LogP contribution in [0.5, 0.6) is 0 Å². The van der Waals surface area contributed by atoms with Crippen molar-refractivity contribution < 1.29 is 4.79 Å². The third kappa shape index (κ3) is 4.78. The van der Waals surface area contributed by atoms with Crippen LogP contribution in [-0.2, 0) is 4.79 Å². The largest absolute Gasteiger partial charge is 0.303 e. The van der Waals surface area contributed by atoms with Crippen LogP contribution in [0.4, 0.5) is 0 Å². The molecule has 1 heteroatoms. The van der Waals surface area contributed by atoms with E-state index in [2.05, 4.69) is 32.1 Å². The van der Waals surface area contributed by atoms with Crippen molar-refractivity contribution in [2.24, 2.45) is 11.8 Å². The Morgan fingerprint density at radius 2 is 2.25 bits per heavy atom. The van der Waals surface area contributed by atoms with Crippen molar-refractivity contribution in [3.05, 3.63) is 23.8 Å². The van der Waals surface area contributed by atoms with E-state index in [1.165, 1.54) is 19.3 Å². The molecule has 0 saturated carbocycles. The van der Waals surface area contributed by atoms with Crippen molar-refractivity contribution in [1.82, 2.24) is 0 Å². The molecule has 0 fully saturated rings. The van der Waals surface area contributed by atoms with Gasteiger partial charge in [0, 0.05) is 6.42 Å². The topological polar surface area (TPSA) is 17.1 Å². The summed E-state index contributed by atoms with van der Waals surface area (Å²) in [6, 6.07) is 0. The summed E-state index contributed by atoms with van der Waals surface area (Å²) in [5.41, 5.74) is 1.56. The molecule has 1 rings (SSSR count). The van der Waals surface area contributed by atoms with Gasteiger partial charge in [-0.05, 0) is 50.9 Å². The van der Waals surface area contributed by atoms with E-state index in [1.54, 1.807) is 5.57 Å². The van der Waals surface area contributed by atoms with Crippen molar-refractivity contribution >= 4 is 6.29 Å². The normalized spacial score (nSPS) is 23.1. The van der Waals surface area contributed by atoms with Gasteiger partial charge in [-0.3, -0.25) is 0 Å². The molecule has 0 heterocycles. The highest BCUT2D eigenvalue weighted by Gasteiger charge is 2.17. The average molecular weight is 220 g/mol. The summed E-state index contributed by atoms with van der Waals surface area (Å²) in [4.78, 5) is 10.1. The number of unbranched alkanes of at least 4 members (excludes halogenated alkanes) is 1. The first-order chi connectivity index (χ1) is 7.74. The smallest absolute Gasteiger partial charge is 0.120 e. The Hall–Kier alpha value is -0.850. The van der Waals surface area contributed by atoms with Crippen molar-refractivity contribution in [2.75, 3.05) is 0 Å². The summed E-state index contributed by atoms with van der Waals surface area (Å²) in [5.74, 6) is 1.64. The van der Waals surface area contributed by atoms with E-state index >= 15 is 0 Å². The maximum Gasteiger partial charge on any atom is 0.120 e. The van der Waals surface area contributed by atoms with Gasteiger partial charge in [0.25, 0.3) is 0 Å². The van der Waals surface area contributed by atoms with Crippen LogP contribution in [0.1, 0.15) is 52.4 Å². The highest BCUT2D eigenvalue weighted by molar-refractivity contribution is 5.49. The fraction of sp³-hybridized carbons (Fsp3) is 0.667. The van der Waals surface area contributed by atoms with E-state index in [0.717, 1.165) is 31.0 Å². The number of rotatable bonds is 6. The van der Waals surface area contributed by atoms with Crippen LogP contribution in [-0.4, -0.2) is 6.29 Å². The van der Waals surface area contributed by atoms with Gasteiger partial charge < -0.3 is 4.79 Å². The maximum absolute atomic E-state index is 10.1. The van der Waals surface area contributed by atoms with Gasteiger partial charge in [0.1, 0.15) is 6.29 Å². The first-order valence-corrected chi connectivity index (χ1v) is 6.48. The lowest BCUT2D eigenvalue weighted by molar-refractivity contribution is -0.107. The third-order valence-corrected chi connectivity index (χ3v) is 3.61. The van der Waals surface area contributed by atoms with Crippen LogP contribution in [0, 0.1) is 11.8 Å². The van der Waals surface area contributed by atoms with Gasteiger partial charge in [0.2, 0.25) is 0 Å². The Labute approximate surface area is 99.6 Å². The van der Waals surface area contributed by atoms with Gasteiger partial charge in [-0.1, -0.05) is 30.7 Å². The molecule has 0 amide bonds. The molecule has 0 aliphatic heterocycles. The van der Waals surface area contributed by atoms with E-state index in [1.807, 2.05) is 0 Å². The molecule has 90 valence electrons. The Bertz CT molecular complexity index is 263. The fourth-order valence-corrected chi connectivity index (χ4v) is 2.29. The van der Waals surface area contributed by atoms with E-state index in [9.17, 15) is 4.79 Å². The highest BCUT2D eigenvalue weighted by Crippen LogP contribution is 2.30. The zero-order valence-electron chi connectivity index (χ0n) is 10.6. The first-order valence-electron chi connectivity index (χ1n) is 6.48. The lowest BCUT2D eigenvalue weighted by atomic mass is 9.80. The maximum atomic E-state index is 10.1. The van der Waals surface area contributed by atoms with Crippen LogP contribution >= 0.6 is 0 Å². The number of carbonyl (C=O) groups excluding carboxylic acids is 1. The molecular weight excluding hydrogens is 196 g/mol. The Kier molecular flexibility index (Phi) is 6.14. The molecule has 0 aromatic rings. The average Bonchev–Trinajstić information content (AvgIpc) is 2.29. The molecule has 1 aliphatic rings. The number of hydrogen-bond donors (Lipinski definition) is 0. The molecule has 2 unspecified atom stereocenters. The van der Waals surface area contributed by atoms with Gasteiger partial charge >= 0.3 is 0 Å². The van der Waals surface area contributed by atoms with E-state index in [-0.39, 0.29) is 0 Å². The summed E-state index contributed by atoms with van der Waals surface area (Å²) < 4.78 is 0. The van der Waals surface area contributed by atoms with E-state index < -0.39 is 0 Å². The van der Waals surface area contributed by atoms with Gasteiger partial charge in [0.05, 0.1) is 0 Å². The fourth-order valence-electron chi connectivity index (χ4n) is 2.29. The number of carbonyl (C=O) groups is 1. The molecule has 0 saturated heterocycles. The van der Waals surface area contributed by atoms with Gasteiger partial charge in [-0.2, -0.15) is 0 Å². The van der Waals surface area contributed by atoms with Crippen LogP contribution < -0.4 is 0 Å². The molecule has 1 aliphatic carbocycles. The zero-order chi connectivity index (χ0) is 11.8. The summed E-state index contributed by atoms with van der Waals surface area (Å²) in [6.45, 7) is 4.59. The molecule has 16 heavy (non-hydrogen) atoms. The first kappa shape index (κ1) is 13.2. The summed E-state index contributed by atoms with van der Waals surface area (Å²) in [6.07, 6.45) is 14.4. The summed E-state index contributed by atoms with van der Waals surface area (Å²) in [5, 5.41) is 0. The van der Waals surface area contributed by atoms with Gasteiger partial charge in [-0.25, -0.2) is 0 Å². The predicted molar refractivity (Wildman–Crippen MR) is 69.3 cm³/mol. The van der Waals surface area contributed by atoms with Crippen LogP contribution in [0.25, 0.3) is 0 Å². The minimum atomic E-state index is 0.663. The number of hydrogen-bond acceptors (Lipinski definition) is 1. The predicted octanol–water partition coefficient (Wildman–Crippen LogP) is 4.29. The molecule has 0 N–H and O–H groups in total. The Morgan fingerprint density at radius 1 is 1.44 bits per heavy atom. The van der Waals surface area contributed by atoms with Crippen molar-refractivity contribution in [2.45, 2.75) is 52.4 Å². The third-order valence-electron chi connectivity index (χ3n) is 3.61. The monoisotopic (exact) mass is 220 g/mol. The quantitative estimate of drug-likeness (QED) is 0.370. The van der Waals surface area contributed by atoms with Crippen molar-refractivity contribution in [3.63, 3.8) is 0 Å². The second kappa shape index (κ2) is 7.43. The molecule has 0 aromatic heterocycles. The molecule has 0 aromatic carbocycles. The Balaban J connectivity index is 2.22. The second-order valence-corrected chi connectivity index (χ2v) is 5.01. The molecule has 2 atom stereocenters. The van der Waals surface area contributed by atoms with Gasteiger partial charge in [-0.15, -0.1) is 0 Å².